The average molecular weight is 209 g/mol. The third-order valence-electron chi connectivity index (χ3n) is 1.91. The van der Waals surface area contributed by atoms with Crippen LogP contribution in [0, 0.1) is 6.92 Å². The summed E-state index contributed by atoms with van der Waals surface area (Å²) in [5.41, 5.74) is 0.966. The maximum Gasteiger partial charge on any atom is 0.145 e. The monoisotopic (exact) mass is 209 g/mol. The number of hydrogen-bond donors (Lipinski definition) is 1. The van der Waals surface area contributed by atoms with Crippen molar-refractivity contribution in [1.82, 2.24) is 4.98 Å². The molecule has 0 saturated heterocycles. The molecule has 0 amide bonds. The van der Waals surface area contributed by atoms with E-state index < -0.39 is 0 Å². The molecule has 0 aliphatic carbocycles. The second kappa shape index (κ2) is 3.94. The Morgan fingerprint density at radius 2 is 2.43 bits per heavy atom. The zero-order valence-electron chi connectivity index (χ0n) is 7.86. The summed E-state index contributed by atoms with van der Waals surface area (Å²) in [5, 5.41) is 9.75. The van der Waals surface area contributed by atoms with Crippen LogP contribution in [0.2, 0.25) is 0 Å². The minimum absolute atomic E-state index is 0.143. The molecular weight excluding hydrogens is 198 g/mol. The van der Waals surface area contributed by atoms with Gasteiger partial charge in [0.15, 0.2) is 0 Å². The van der Waals surface area contributed by atoms with Crippen LogP contribution in [0.25, 0.3) is 10.6 Å². The molecule has 0 spiro atoms. The Morgan fingerprint density at radius 1 is 1.57 bits per heavy atom. The Hall–Kier alpha value is -1.13. The van der Waals surface area contributed by atoms with Gasteiger partial charge in [-0.15, -0.1) is 11.3 Å². The molecule has 0 unspecified atom stereocenters. The lowest BCUT2D eigenvalue weighted by atomic mass is 10.3. The Bertz CT molecular complexity index is 406. The molecule has 0 saturated carbocycles. The Balaban J connectivity index is 2.35. The van der Waals surface area contributed by atoms with Crippen molar-refractivity contribution in [3.8, 4) is 10.6 Å². The topological polar surface area (TPSA) is 46.3 Å². The molecule has 74 valence electrons. The van der Waals surface area contributed by atoms with Gasteiger partial charge in [0.25, 0.3) is 0 Å². The van der Waals surface area contributed by atoms with E-state index in [1.165, 1.54) is 0 Å². The fourth-order valence-electron chi connectivity index (χ4n) is 1.29. The summed E-state index contributed by atoms with van der Waals surface area (Å²) in [6.07, 6.45) is 2.27. The normalized spacial score (nSPS) is 10.7. The molecular formula is C10H11NO2S. The van der Waals surface area contributed by atoms with E-state index in [-0.39, 0.29) is 6.61 Å². The van der Waals surface area contributed by atoms with Gasteiger partial charge in [0, 0.05) is 13.0 Å². The van der Waals surface area contributed by atoms with Crippen molar-refractivity contribution in [3.05, 3.63) is 29.1 Å². The van der Waals surface area contributed by atoms with E-state index in [1.54, 1.807) is 17.6 Å². The molecule has 0 atom stereocenters. The van der Waals surface area contributed by atoms with Crippen LogP contribution in [0.4, 0.5) is 0 Å². The van der Waals surface area contributed by atoms with Gasteiger partial charge < -0.3 is 9.52 Å². The lowest BCUT2D eigenvalue weighted by Crippen LogP contribution is -1.88. The second-order valence-electron chi connectivity index (χ2n) is 2.97. The number of hydrogen-bond acceptors (Lipinski definition) is 4. The number of furan rings is 1. The minimum Gasteiger partial charge on any atom is -0.463 e. The average Bonchev–Trinajstić information content (AvgIpc) is 2.74. The molecule has 2 aromatic rings. The fourth-order valence-corrected chi connectivity index (χ4v) is 2.31. The number of aliphatic hydroxyl groups is 1. The first-order valence-corrected chi connectivity index (χ1v) is 5.24. The first kappa shape index (κ1) is 9.43. The predicted octanol–water partition coefficient (Wildman–Crippen LogP) is 2.25. The van der Waals surface area contributed by atoms with Crippen molar-refractivity contribution >= 4 is 11.3 Å². The highest BCUT2D eigenvalue weighted by molar-refractivity contribution is 7.15. The number of aryl methyl sites for hydroxylation is 1. The minimum atomic E-state index is 0.143. The first-order valence-electron chi connectivity index (χ1n) is 4.42. The van der Waals surface area contributed by atoms with Crippen molar-refractivity contribution < 1.29 is 9.52 Å². The molecule has 0 aliphatic rings. The molecule has 2 heterocycles. The van der Waals surface area contributed by atoms with Gasteiger partial charge in [-0.25, -0.2) is 4.98 Å². The largest absolute Gasteiger partial charge is 0.463 e. The molecule has 0 aliphatic heterocycles. The van der Waals surface area contributed by atoms with Gasteiger partial charge in [0.2, 0.25) is 0 Å². The summed E-state index contributed by atoms with van der Waals surface area (Å²) in [4.78, 5) is 5.41. The number of thiazole rings is 1. The Kier molecular flexibility index (Phi) is 2.65. The molecule has 0 fully saturated rings. The quantitative estimate of drug-likeness (QED) is 0.843. The van der Waals surface area contributed by atoms with E-state index in [4.69, 9.17) is 9.52 Å². The van der Waals surface area contributed by atoms with Crippen LogP contribution in [0.15, 0.2) is 22.8 Å². The van der Waals surface area contributed by atoms with Crippen LogP contribution in [-0.4, -0.2) is 16.7 Å². The maximum absolute atomic E-state index is 8.79. The summed E-state index contributed by atoms with van der Waals surface area (Å²) in [7, 11) is 0. The van der Waals surface area contributed by atoms with Gasteiger partial charge in [-0.1, -0.05) is 0 Å². The molecule has 0 aromatic carbocycles. The van der Waals surface area contributed by atoms with Crippen LogP contribution in [0.3, 0.4) is 0 Å². The highest BCUT2D eigenvalue weighted by Crippen LogP contribution is 2.30. The molecule has 0 radical (unpaired) electrons. The maximum atomic E-state index is 8.79. The molecule has 2 aromatic heterocycles. The van der Waals surface area contributed by atoms with E-state index in [1.807, 2.05) is 19.1 Å². The number of nitrogens with zero attached hydrogens (tertiary/aromatic N) is 1. The predicted molar refractivity (Wildman–Crippen MR) is 55.3 cm³/mol. The molecule has 1 N–H and O–H groups in total. The smallest absolute Gasteiger partial charge is 0.145 e. The van der Waals surface area contributed by atoms with Crippen LogP contribution in [-0.2, 0) is 6.42 Å². The third kappa shape index (κ3) is 1.71. The van der Waals surface area contributed by atoms with Crippen molar-refractivity contribution in [2.24, 2.45) is 0 Å². The Labute approximate surface area is 86.0 Å². The van der Waals surface area contributed by atoms with E-state index in [0.717, 1.165) is 21.3 Å². The highest BCUT2D eigenvalue weighted by Gasteiger charge is 2.10. The standard InChI is InChI=1S/C10H11NO2S/c1-7-10(8-3-2-6-13-8)14-9(11-7)4-5-12/h2-3,6,12H,4-5H2,1H3. The SMILES string of the molecule is Cc1nc(CCO)sc1-c1ccco1. The van der Waals surface area contributed by atoms with Gasteiger partial charge in [0.05, 0.1) is 21.8 Å². The van der Waals surface area contributed by atoms with Crippen molar-refractivity contribution in [2.75, 3.05) is 6.61 Å². The molecule has 0 bridgehead atoms. The van der Waals surface area contributed by atoms with Crippen molar-refractivity contribution in [3.63, 3.8) is 0 Å². The van der Waals surface area contributed by atoms with Crippen LogP contribution < -0.4 is 0 Å². The van der Waals surface area contributed by atoms with Gasteiger partial charge in [-0.2, -0.15) is 0 Å². The summed E-state index contributed by atoms with van der Waals surface area (Å²) < 4.78 is 5.30. The molecule has 4 heteroatoms. The third-order valence-corrected chi connectivity index (χ3v) is 3.14. The number of rotatable bonds is 3. The second-order valence-corrected chi connectivity index (χ2v) is 4.06. The van der Waals surface area contributed by atoms with Gasteiger partial charge in [-0.05, 0) is 19.1 Å². The van der Waals surface area contributed by atoms with E-state index in [9.17, 15) is 0 Å². The molecule has 3 nitrogen and oxygen atoms in total. The first-order chi connectivity index (χ1) is 6.81. The van der Waals surface area contributed by atoms with Crippen LogP contribution >= 0.6 is 11.3 Å². The van der Waals surface area contributed by atoms with Gasteiger partial charge >= 0.3 is 0 Å². The van der Waals surface area contributed by atoms with E-state index >= 15 is 0 Å². The van der Waals surface area contributed by atoms with E-state index in [0.29, 0.717) is 6.42 Å². The number of aromatic nitrogens is 1. The van der Waals surface area contributed by atoms with E-state index in [2.05, 4.69) is 4.98 Å². The summed E-state index contributed by atoms with van der Waals surface area (Å²) in [6, 6.07) is 3.78. The van der Waals surface area contributed by atoms with Crippen LogP contribution in [0.5, 0.6) is 0 Å². The zero-order valence-corrected chi connectivity index (χ0v) is 8.67. The summed E-state index contributed by atoms with van der Waals surface area (Å²) in [5.74, 6) is 0.851. The summed E-state index contributed by atoms with van der Waals surface area (Å²) in [6.45, 7) is 2.10. The van der Waals surface area contributed by atoms with Gasteiger partial charge in [-0.3, -0.25) is 0 Å². The Morgan fingerprint density at radius 3 is 3.07 bits per heavy atom. The van der Waals surface area contributed by atoms with Crippen molar-refractivity contribution in [2.45, 2.75) is 13.3 Å². The summed E-state index contributed by atoms with van der Waals surface area (Å²) >= 11 is 1.58. The van der Waals surface area contributed by atoms with Gasteiger partial charge in [0.1, 0.15) is 5.76 Å². The van der Waals surface area contributed by atoms with Crippen molar-refractivity contribution in [1.29, 1.82) is 0 Å². The number of aliphatic hydroxyl groups excluding tert-OH is 1. The fraction of sp³-hybridized carbons (Fsp3) is 0.300. The lowest BCUT2D eigenvalue weighted by molar-refractivity contribution is 0.299. The lowest BCUT2D eigenvalue weighted by Gasteiger charge is -1.89. The molecule has 2 rings (SSSR count). The molecule has 14 heavy (non-hydrogen) atoms. The highest BCUT2D eigenvalue weighted by atomic mass is 32.1. The van der Waals surface area contributed by atoms with Crippen LogP contribution in [0.1, 0.15) is 10.7 Å². The zero-order chi connectivity index (χ0) is 9.97.